The van der Waals surface area contributed by atoms with Gasteiger partial charge in [-0.25, -0.2) is 0 Å². The second-order valence-corrected chi connectivity index (χ2v) is 9.35. The minimum Gasteiger partial charge on any atom is -0.297 e. The molecule has 4 heterocycles. The van der Waals surface area contributed by atoms with Gasteiger partial charge in [0.1, 0.15) is 0 Å². The summed E-state index contributed by atoms with van der Waals surface area (Å²) < 4.78 is 0. The van der Waals surface area contributed by atoms with E-state index in [0.29, 0.717) is 5.25 Å². The lowest BCUT2D eigenvalue weighted by atomic mass is 10.2. The third-order valence-electron chi connectivity index (χ3n) is 3.47. The van der Waals surface area contributed by atoms with Crippen molar-refractivity contribution in [2.24, 2.45) is 0 Å². The van der Waals surface area contributed by atoms with Crippen molar-refractivity contribution in [2.45, 2.75) is 11.7 Å². The van der Waals surface area contributed by atoms with Crippen molar-refractivity contribution < 1.29 is 4.79 Å². The molecule has 0 saturated heterocycles. The fourth-order valence-corrected chi connectivity index (χ4v) is 6.55. The first-order valence-corrected chi connectivity index (χ1v) is 10.3. The van der Waals surface area contributed by atoms with Crippen molar-refractivity contribution in [2.75, 3.05) is 0 Å². The van der Waals surface area contributed by atoms with Gasteiger partial charge in [0, 0.05) is 29.6 Å². The predicted octanol–water partition coefficient (Wildman–Crippen LogP) is 6.71. The number of hydrogen-bond acceptors (Lipinski definition) is 5. The van der Waals surface area contributed by atoms with Gasteiger partial charge in [-0.3, -0.25) is 4.79 Å². The van der Waals surface area contributed by atoms with Crippen LogP contribution < -0.4 is 0 Å². The van der Waals surface area contributed by atoms with Crippen LogP contribution in [-0.4, -0.2) is 6.29 Å². The van der Waals surface area contributed by atoms with Crippen LogP contribution in [0.3, 0.4) is 0 Å². The van der Waals surface area contributed by atoms with E-state index in [1.165, 1.54) is 24.4 Å². The zero-order valence-electron chi connectivity index (χ0n) is 11.5. The van der Waals surface area contributed by atoms with E-state index in [4.69, 9.17) is 0 Å². The van der Waals surface area contributed by atoms with Crippen LogP contribution in [-0.2, 0) is 0 Å². The molecule has 1 unspecified atom stereocenters. The average molecular weight is 361 g/mol. The highest BCUT2D eigenvalue weighted by molar-refractivity contribution is 8.02. The molecular weight excluding hydrogens is 348 g/mol. The Bertz CT molecular complexity index is 828. The second-order valence-electron chi connectivity index (χ2n) is 4.92. The van der Waals surface area contributed by atoms with Gasteiger partial charge in [0.05, 0.1) is 4.88 Å². The van der Waals surface area contributed by atoms with E-state index >= 15 is 0 Å². The first-order chi connectivity index (χ1) is 10.8. The maximum atomic E-state index is 10.8. The van der Waals surface area contributed by atoms with E-state index in [1.807, 2.05) is 35.2 Å². The van der Waals surface area contributed by atoms with E-state index in [2.05, 4.69) is 35.7 Å². The summed E-state index contributed by atoms with van der Waals surface area (Å²) in [5.74, 6) is 0. The van der Waals surface area contributed by atoms with E-state index in [1.54, 1.807) is 22.7 Å². The highest BCUT2D eigenvalue weighted by atomic mass is 32.2. The molecule has 3 aromatic rings. The Morgan fingerprint density at radius 1 is 0.864 bits per heavy atom. The molecule has 3 aromatic heterocycles. The molecule has 1 atom stereocenters. The molecule has 0 amide bonds. The Morgan fingerprint density at radius 2 is 1.55 bits per heavy atom. The first kappa shape index (κ1) is 14.5. The van der Waals surface area contributed by atoms with Crippen LogP contribution >= 0.6 is 45.8 Å². The van der Waals surface area contributed by atoms with E-state index < -0.39 is 0 Å². The lowest BCUT2D eigenvalue weighted by Gasteiger charge is -2.03. The summed E-state index contributed by atoms with van der Waals surface area (Å²) >= 11 is 7.17. The Hall–Kier alpha value is -1.14. The van der Waals surface area contributed by atoms with Crippen LogP contribution in [0.1, 0.15) is 26.2 Å². The summed E-state index contributed by atoms with van der Waals surface area (Å²) in [5, 5.41) is 2.81. The zero-order chi connectivity index (χ0) is 14.9. The Morgan fingerprint density at radius 3 is 2.23 bits per heavy atom. The zero-order valence-corrected chi connectivity index (χ0v) is 14.8. The van der Waals surface area contributed by atoms with Gasteiger partial charge in [0.2, 0.25) is 0 Å². The first-order valence-electron chi connectivity index (χ1n) is 6.89. The highest BCUT2D eigenvalue weighted by Crippen LogP contribution is 2.45. The molecule has 0 bridgehead atoms. The molecule has 0 fully saturated rings. The van der Waals surface area contributed by atoms with E-state index in [9.17, 15) is 4.79 Å². The van der Waals surface area contributed by atoms with Gasteiger partial charge in [0.15, 0.2) is 6.29 Å². The summed E-state index contributed by atoms with van der Waals surface area (Å²) in [6, 6.07) is 12.8. The standard InChI is InChI=1S/C17H12OS4/c18-10-11-3-4-14(20-11)15-7-8-17(22-15)16-6-5-13(21-16)12-2-1-9-19-12/h1,3-10,12H,2H2. The van der Waals surface area contributed by atoms with E-state index in [0.717, 1.165) is 17.6 Å². The summed E-state index contributed by atoms with van der Waals surface area (Å²) in [4.78, 5) is 18.1. The third-order valence-corrected chi connectivity index (χ3v) is 8.43. The summed E-state index contributed by atoms with van der Waals surface area (Å²) in [5.41, 5.74) is 0. The molecule has 1 aliphatic rings. The van der Waals surface area contributed by atoms with Crippen LogP contribution in [0.2, 0.25) is 0 Å². The lowest BCUT2D eigenvalue weighted by Crippen LogP contribution is -1.81. The molecule has 0 radical (unpaired) electrons. The van der Waals surface area contributed by atoms with Crippen LogP contribution in [0.5, 0.6) is 0 Å². The number of aldehydes is 1. The molecule has 0 spiro atoms. The van der Waals surface area contributed by atoms with Crippen molar-refractivity contribution >= 4 is 52.1 Å². The van der Waals surface area contributed by atoms with Gasteiger partial charge in [-0.15, -0.1) is 45.8 Å². The summed E-state index contributed by atoms with van der Waals surface area (Å²) in [6.07, 6.45) is 4.31. The molecule has 0 N–H and O–H groups in total. The monoisotopic (exact) mass is 360 g/mol. The van der Waals surface area contributed by atoms with Gasteiger partial charge in [-0.1, -0.05) is 6.08 Å². The molecule has 1 aliphatic heterocycles. The van der Waals surface area contributed by atoms with Crippen molar-refractivity contribution in [1.82, 2.24) is 0 Å². The molecule has 1 nitrogen and oxygen atoms in total. The normalized spacial score (nSPS) is 17.2. The van der Waals surface area contributed by atoms with E-state index in [-0.39, 0.29) is 0 Å². The molecule has 0 saturated carbocycles. The molecule has 22 heavy (non-hydrogen) atoms. The number of rotatable bonds is 4. The number of thioether (sulfide) groups is 1. The molecule has 4 rings (SSSR count). The second kappa shape index (κ2) is 6.16. The van der Waals surface area contributed by atoms with Gasteiger partial charge in [-0.05, 0) is 48.2 Å². The number of carbonyl (C=O) groups excluding carboxylic acids is 1. The quantitative estimate of drug-likeness (QED) is 0.481. The maximum Gasteiger partial charge on any atom is 0.160 e. The molecular formula is C17H12OS4. The minimum absolute atomic E-state index is 0.602. The fourth-order valence-electron chi connectivity index (χ4n) is 2.38. The lowest BCUT2D eigenvalue weighted by molar-refractivity contribution is 0.112. The topological polar surface area (TPSA) is 17.1 Å². The fraction of sp³-hybridized carbons (Fsp3) is 0.118. The van der Waals surface area contributed by atoms with Gasteiger partial charge in [0.25, 0.3) is 0 Å². The number of allylic oxidation sites excluding steroid dienone is 1. The SMILES string of the molecule is O=Cc1ccc(-c2ccc(-c3ccc(C4CC=CS4)s3)s2)s1. The Balaban J connectivity index is 1.59. The summed E-state index contributed by atoms with van der Waals surface area (Å²) in [6.45, 7) is 0. The van der Waals surface area contributed by atoms with Crippen LogP contribution in [0.25, 0.3) is 19.5 Å². The number of carbonyl (C=O) groups is 1. The van der Waals surface area contributed by atoms with Gasteiger partial charge >= 0.3 is 0 Å². The van der Waals surface area contributed by atoms with Gasteiger partial charge < -0.3 is 0 Å². The van der Waals surface area contributed by atoms with Crippen LogP contribution in [0.15, 0.2) is 47.9 Å². The van der Waals surface area contributed by atoms with Crippen molar-refractivity contribution in [3.63, 3.8) is 0 Å². The van der Waals surface area contributed by atoms with Crippen molar-refractivity contribution in [3.8, 4) is 19.5 Å². The smallest absolute Gasteiger partial charge is 0.160 e. The molecule has 5 heteroatoms. The molecule has 110 valence electrons. The highest BCUT2D eigenvalue weighted by Gasteiger charge is 2.17. The van der Waals surface area contributed by atoms with Crippen LogP contribution in [0.4, 0.5) is 0 Å². The maximum absolute atomic E-state index is 10.8. The predicted molar refractivity (Wildman–Crippen MR) is 100 cm³/mol. The molecule has 0 aromatic carbocycles. The number of thiophene rings is 3. The molecule has 0 aliphatic carbocycles. The average Bonchev–Trinajstić information content (AvgIpc) is 3.33. The summed E-state index contributed by atoms with van der Waals surface area (Å²) in [7, 11) is 0. The Labute approximate surface area is 145 Å². The number of hydrogen-bond donors (Lipinski definition) is 0. The van der Waals surface area contributed by atoms with Crippen molar-refractivity contribution in [1.29, 1.82) is 0 Å². The minimum atomic E-state index is 0.602. The van der Waals surface area contributed by atoms with Crippen LogP contribution in [0, 0.1) is 0 Å². The van der Waals surface area contributed by atoms with Crippen molar-refractivity contribution in [3.05, 3.63) is 57.6 Å². The van der Waals surface area contributed by atoms with Gasteiger partial charge in [-0.2, -0.15) is 0 Å². The third kappa shape index (κ3) is 2.74. The largest absolute Gasteiger partial charge is 0.297 e. The Kier molecular flexibility index (Phi) is 4.05.